The number of thioether (sulfide) groups is 1. The maximum Gasteiger partial charge on any atom is 0.208 e. The third kappa shape index (κ3) is 2.52. The summed E-state index contributed by atoms with van der Waals surface area (Å²) >= 11 is 1.63. The lowest BCUT2D eigenvalue weighted by Gasteiger charge is -2.16. The minimum atomic E-state index is 0.779. The van der Waals surface area contributed by atoms with Crippen molar-refractivity contribution in [2.24, 2.45) is 4.99 Å². The van der Waals surface area contributed by atoms with Gasteiger partial charge in [0.05, 0.1) is 0 Å². The molecule has 16 heavy (non-hydrogen) atoms. The molecule has 0 unspecified atom stereocenters. The highest BCUT2D eigenvalue weighted by Crippen LogP contribution is 2.20. The molecule has 1 aromatic heterocycles. The van der Waals surface area contributed by atoms with E-state index >= 15 is 0 Å². The van der Waals surface area contributed by atoms with Crippen LogP contribution in [0.15, 0.2) is 23.3 Å². The van der Waals surface area contributed by atoms with Gasteiger partial charge in [-0.3, -0.25) is 4.98 Å². The maximum atomic E-state index is 8.56. The first-order valence-electron chi connectivity index (χ1n) is 5.05. The van der Waals surface area contributed by atoms with Crippen molar-refractivity contribution in [3.63, 3.8) is 0 Å². The zero-order chi connectivity index (χ0) is 11.4. The summed E-state index contributed by atoms with van der Waals surface area (Å²) in [5.74, 6) is 1.000. The van der Waals surface area contributed by atoms with Gasteiger partial charge in [-0.05, 0) is 18.6 Å². The van der Waals surface area contributed by atoms with Gasteiger partial charge in [0.2, 0.25) is 6.19 Å². The Morgan fingerprint density at radius 1 is 1.62 bits per heavy atom. The normalized spacial score (nSPS) is 17.8. The van der Waals surface area contributed by atoms with Gasteiger partial charge in [-0.15, -0.1) is 4.99 Å². The molecule has 0 atom stereocenters. The molecule has 1 saturated heterocycles. The average Bonchev–Trinajstić information content (AvgIpc) is 2.70. The van der Waals surface area contributed by atoms with E-state index in [1.807, 2.05) is 25.4 Å². The highest BCUT2D eigenvalue weighted by Gasteiger charge is 2.19. The number of aromatic nitrogens is 1. The summed E-state index contributed by atoms with van der Waals surface area (Å²) in [6.07, 6.45) is 3.72. The molecule has 1 aliphatic heterocycles. The Hall–Kier alpha value is -1.54. The summed E-state index contributed by atoms with van der Waals surface area (Å²) in [5, 5.41) is 9.38. The van der Waals surface area contributed by atoms with Crippen LogP contribution < -0.4 is 0 Å². The SMILES string of the molecule is Cc1ccc(CN2CCSC2=NC#N)cn1. The predicted molar refractivity (Wildman–Crippen MR) is 64.9 cm³/mol. The van der Waals surface area contributed by atoms with Crippen molar-refractivity contribution in [3.05, 3.63) is 29.6 Å². The summed E-state index contributed by atoms with van der Waals surface area (Å²) in [5.41, 5.74) is 2.17. The molecule has 0 bridgehead atoms. The summed E-state index contributed by atoms with van der Waals surface area (Å²) < 4.78 is 0. The highest BCUT2D eigenvalue weighted by atomic mass is 32.2. The Bertz CT molecular complexity index is 432. The van der Waals surface area contributed by atoms with Crippen LogP contribution in [0, 0.1) is 18.4 Å². The fraction of sp³-hybridized carbons (Fsp3) is 0.364. The van der Waals surface area contributed by atoms with Gasteiger partial charge >= 0.3 is 0 Å². The number of aryl methyl sites for hydroxylation is 1. The standard InChI is InChI=1S/C11H12N4S/c1-9-2-3-10(6-13-9)7-15-4-5-16-11(15)14-8-12/h2-3,6H,4-5,7H2,1H3. The molecule has 0 amide bonds. The minimum Gasteiger partial charge on any atom is -0.345 e. The number of hydrogen-bond donors (Lipinski definition) is 0. The maximum absolute atomic E-state index is 8.56. The highest BCUT2D eigenvalue weighted by molar-refractivity contribution is 8.14. The molecule has 1 aliphatic rings. The molecule has 4 nitrogen and oxygen atoms in total. The smallest absolute Gasteiger partial charge is 0.208 e. The van der Waals surface area contributed by atoms with Crippen LogP contribution in [-0.4, -0.2) is 27.3 Å². The number of aliphatic imine (C=N–C) groups is 1. The average molecular weight is 232 g/mol. The monoisotopic (exact) mass is 232 g/mol. The van der Waals surface area contributed by atoms with Crippen LogP contribution in [0.5, 0.6) is 0 Å². The Labute approximate surface area is 99.0 Å². The van der Waals surface area contributed by atoms with Crippen molar-refractivity contribution in [2.75, 3.05) is 12.3 Å². The Kier molecular flexibility index (Phi) is 3.42. The molecule has 1 fully saturated rings. The Balaban J connectivity index is 2.07. The molecular weight excluding hydrogens is 220 g/mol. The molecule has 2 rings (SSSR count). The second-order valence-electron chi connectivity index (χ2n) is 3.57. The third-order valence-corrected chi connectivity index (χ3v) is 3.35. The van der Waals surface area contributed by atoms with E-state index in [4.69, 9.17) is 5.26 Å². The van der Waals surface area contributed by atoms with Crippen molar-refractivity contribution in [1.29, 1.82) is 5.26 Å². The number of nitrogens with zero attached hydrogens (tertiary/aromatic N) is 4. The minimum absolute atomic E-state index is 0.779. The first-order chi connectivity index (χ1) is 7.79. The van der Waals surface area contributed by atoms with Crippen LogP contribution in [0.3, 0.4) is 0 Å². The number of rotatable bonds is 2. The first-order valence-corrected chi connectivity index (χ1v) is 6.04. The number of pyridine rings is 1. The second kappa shape index (κ2) is 4.99. The van der Waals surface area contributed by atoms with Crippen LogP contribution in [0.25, 0.3) is 0 Å². The van der Waals surface area contributed by atoms with Gasteiger partial charge in [-0.1, -0.05) is 17.8 Å². The van der Waals surface area contributed by atoms with Gasteiger partial charge in [0.25, 0.3) is 0 Å². The van der Waals surface area contributed by atoms with Gasteiger partial charge in [-0.25, -0.2) is 0 Å². The molecule has 0 saturated carbocycles. The molecule has 1 aromatic rings. The van der Waals surface area contributed by atoms with E-state index in [9.17, 15) is 0 Å². The molecule has 0 spiro atoms. The van der Waals surface area contributed by atoms with Crippen molar-refractivity contribution in [1.82, 2.24) is 9.88 Å². The molecule has 0 radical (unpaired) electrons. The zero-order valence-corrected chi connectivity index (χ0v) is 9.87. The van der Waals surface area contributed by atoms with E-state index in [0.717, 1.165) is 35.3 Å². The molecular formula is C11H12N4S. The van der Waals surface area contributed by atoms with Crippen LogP contribution in [0.2, 0.25) is 0 Å². The van der Waals surface area contributed by atoms with Gasteiger partial charge < -0.3 is 4.90 Å². The van der Waals surface area contributed by atoms with E-state index in [-0.39, 0.29) is 0 Å². The van der Waals surface area contributed by atoms with Gasteiger partial charge in [-0.2, -0.15) is 5.26 Å². The van der Waals surface area contributed by atoms with E-state index < -0.39 is 0 Å². The molecule has 82 valence electrons. The molecule has 0 aliphatic carbocycles. The summed E-state index contributed by atoms with van der Waals surface area (Å²) in [6, 6.07) is 4.06. The van der Waals surface area contributed by atoms with E-state index in [0.29, 0.717) is 0 Å². The van der Waals surface area contributed by atoms with Gasteiger partial charge in [0.15, 0.2) is 5.17 Å². The van der Waals surface area contributed by atoms with Crippen molar-refractivity contribution < 1.29 is 0 Å². The molecule has 5 heteroatoms. The Morgan fingerprint density at radius 2 is 2.50 bits per heavy atom. The predicted octanol–water partition coefficient (Wildman–Crippen LogP) is 1.78. The van der Waals surface area contributed by atoms with E-state index in [1.165, 1.54) is 0 Å². The fourth-order valence-corrected chi connectivity index (χ4v) is 2.48. The Morgan fingerprint density at radius 3 is 3.19 bits per heavy atom. The van der Waals surface area contributed by atoms with Crippen molar-refractivity contribution >= 4 is 16.9 Å². The number of nitriles is 1. The molecule has 2 heterocycles. The largest absolute Gasteiger partial charge is 0.345 e. The van der Waals surface area contributed by atoms with Crippen LogP contribution in [-0.2, 0) is 6.54 Å². The summed E-state index contributed by atoms with van der Waals surface area (Å²) in [4.78, 5) is 10.2. The lowest BCUT2D eigenvalue weighted by atomic mass is 10.2. The topological polar surface area (TPSA) is 52.3 Å². The zero-order valence-electron chi connectivity index (χ0n) is 9.05. The van der Waals surface area contributed by atoms with Crippen molar-refractivity contribution in [2.45, 2.75) is 13.5 Å². The van der Waals surface area contributed by atoms with Gasteiger partial charge in [0.1, 0.15) is 0 Å². The second-order valence-corrected chi connectivity index (χ2v) is 4.63. The van der Waals surface area contributed by atoms with Crippen LogP contribution in [0.1, 0.15) is 11.3 Å². The fourth-order valence-electron chi connectivity index (χ4n) is 1.54. The quantitative estimate of drug-likeness (QED) is 0.729. The summed E-state index contributed by atoms with van der Waals surface area (Å²) in [6.45, 7) is 3.69. The first kappa shape index (κ1) is 11.0. The van der Waals surface area contributed by atoms with Crippen molar-refractivity contribution in [3.8, 4) is 6.19 Å². The molecule has 0 aromatic carbocycles. The summed E-state index contributed by atoms with van der Waals surface area (Å²) in [7, 11) is 0. The lowest BCUT2D eigenvalue weighted by Crippen LogP contribution is -2.23. The lowest BCUT2D eigenvalue weighted by molar-refractivity contribution is 0.456. The molecule has 0 N–H and O–H groups in total. The number of hydrogen-bond acceptors (Lipinski definition) is 4. The van der Waals surface area contributed by atoms with E-state index in [2.05, 4.69) is 20.9 Å². The van der Waals surface area contributed by atoms with Gasteiger partial charge in [0, 0.05) is 30.7 Å². The van der Waals surface area contributed by atoms with Crippen LogP contribution >= 0.6 is 11.8 Å². The van der Waals surface area contributed by atoms with E-state index in [1.54, 1.807) is 11.8 Å². The van der Waals surface area contributed by atoms with Crippen LogP contribution in [0.4, 0.5) is 0 Å². The number of amidine groups is 1. The third-order valence-electron chi connectivity index (χ3n) is 2.35.